The zero-order valence-corrected chi connectivity index (χ0v) is 13.9. The van der Waals surface area contributed by atoms with Gasteiger partial charge in [-0.3, -0.25) is 0 Å². The first-order valence-electron chi connectivity index (χ1n) is 8.13. The summed E-state index contributed by atoms with van der Waals surface area (Å²) in [5.74, 6) is 0.512. The summed E-state index contributed by atoms with van der Waals surface area (Å²) < 4.78 is 0. The predicted molar refractivity (Wildman–Crippen MR) is 89.6 cm³/mol. The molecular formula is C18H28ClNO. The number of aliphatic hydroxyl groups excluding tert-OH is 1. The van der Waals surface area contributed by atoms with Crippen molar-refractivity contribution >= 4 is 11.6 Å². The van der Waals surface area contributed by atoms with Gasteiger partial charge in [0.1, 0.15) is 0 Å². The van der Waals surface area contributed by atoms with Crippen molar-refractivity contribution in [1.82, 2.24) is 0 Å². The van der Waals surface area contributed by atoms with Gasteiger partial charge in [-0.1, -0.05) is 56.5 Å². The molecule has 1 fully saturated rings. The zero-order valence-electron chi connectivity index (χ0n) is 13.2. The number of benzene rings is 1. The molecule has 1 saturated carbocycles. The van der Waals surface area contributed by atoms with E-state index in [4.69, 9.17) is 17.3 Å². The van der Waals surface area contributed by atoms with Crippen molar-refractivity contribution in [3.05, 3.63) is 34.9 Å². The molecule has 0 radical (unpaired) electrons. The largest absolute Gasteiger partial charge is 0.392 e. The highest BCUT2D eigenvalue weighted by Crippen LogP contribution is 2.49. The highest BCUT2D eigenvalue weighted by atomic mass is 35.5. The molecule has 0 spiro atoms. The summed E-state index contributed by atoms with van der Waals surface area (Å²) in [7, 11) is 0. The Balaban J connectivity index is 2.30. The topological polar surface area (TPSA) is 46.2 Å². The minimum absolute atomic E-state index is 0.0113. The Morgan fingerprint density at radius 3 is 2.38 bits per heavy atom. The van der Waals surface area contributed by atoms with Crippen LogP contribution in [0, 0.1) is 11.3 Å². The van der Waals surface area contributed by atoms with Gasteiger partial charge in [-0.15, -0.1) is 0 Å². The molecule has 1 aliphatic rings. The molecule has 0 aliphatic heterocycles. The lowest BCUT2D eigenvalue weighted by Gasteiger charge is -2.40. The number of rotatable bonds is 6. The Morgan fingerprint density at radius 1 is 1.24 bits per heavy atom. The summed E-state index contributed by atoms with van der Waals surface area (Å²) in [6.45, 7) is 4.91. The van der Waals surface area contributed by atoms with Gasteiger partial charge < -0.3 is 10.8 Å². The van der Waals surface area contributed by atoms with Crippen molar-refractivity contribution < 1.29 is 5.11 Å². The molecule has 1 aromatic carbocycles. The molecule has 1 aromatic rings. The lowest BCUT2D eigenvalue weighted by atomic mass is 9.68. The molecule has 0 saturated heterocycles. The van der Waals surface area contributed by atoms with E-state index in [2.05, 4.69) is 13.8 Å². The van der Waals surface area contributed by atoms with Gasteiger partial charge in [0.15, 0.2) is 0 Å². The summed E-state index contributed by atoms with van der Waals surface area (Å²) in [6, 6.07) is 7.78. The first-order valence-corrected chi connectivity index (χ1v) is 8.50. The first kappa shape index (κ1) is 16.8. The van der Waals surface area contributed by atoms with E-state index in [9.17, 15) is 5.11 Å². The molecule has 0 heterocycles. The smallest absolute Gasteiger partial charge is 0.0677 e. The van der Waals surface area contributed by atoms with E-state index in [1.165, 1.54) is 12.8 Å². The highest BCUT2D eigenvalue weighted by Gasteiger charge is 2.44. The van der Waals surface area contributed by atoms with Crippen LogP contribution in [0.25, 0.3) is 0 Å². The normalized spacial score (nSPS) is 20.7. The first-order chi connectivity index (χ1) is 10.00. The van der Waals surface area contributed by atoms with Gasteiger partial charge in [0.05, 0.1) is 6.10 Å². The maximum absolute atomic E-state index is 11.1. The average Bonchev–Trinajstić information content (AvgIpc) is 2.90. The van der Waals surface area contributed by atoms with E-state index in [0.717, 1.165) is 24.8 Å². The monoisotopic (exact) mass is 309 g/mol. The van der Waals surface area contributed by atoms with Crippen LogP contribution in [0.4, 0.5) is 0 Å². The third-order valence-electron chi connectivity index (χ3n) is 4.98. The fourth-order valence-corrected chi connectivity index (χ4v) is 4.42. The molecule has 118 valence electrons. The maximum atomic E-state index is 11.1. The minimum Gasteiger partial charge on any atom is -0.392 e. The van der Waals surface area contributed by atoms with E-state index >= 15 is 0 Å². The van der Waals surface area contributed by atoms with E-state index in [1.54, 1.807) is 0 Å². The second-order valence-corrected chi connectivity index (χ2v) is 7.38. The fraction of sp³-hybridized carbons (Fsp3) is 0.667. The average molecular weight is 310 g/mol. The van der Waals surface area contributed by atoms with E-state index in [1.807, 2.05) is 24.3 Å². The van der Waals surface area contributed by atoms with Crippen LogP contribution in [0.2, 0.25) is 5.02 Å². The molecule has 0 bridgehead atoms. The highest BCUT2D eigenvalue weighted by molar-refractivity contribution is 6.31. The zero-order chi connectivity index (χ0) is 15.5. The Hall–Kier alpha value is -0.570. The Bertz CT molecular complexity index is 454. The summed E-state index contributed by atoms with van der Waals surface area (Å²) in [5, 5.41) is 11.9. The SMILES string of the molecule is CC(C)CC1(C(O)C(CN)c2ccccc2Cl)CCCC1. The minimum atomic E-state index is -0.410. The molecule has 2 nitrogen and oxygen atoms in total. The van der Waals surface area contributed by atoms with Crippen LogP contribution in [0.1, 0.15) is 57.4 Å². The predicted octanol–water partition coefficient (Wildman–Crippen LogP) is 4.35. The second-order valence-electron chi connectivity index (χ2n) is 6.98. The lowest BCUT2D eigenvalue weighted by molar-refractivity contribution is -0.00501. The van der Waals surface area contributed by atoms with Crippen molar-refractivity contribution in [2.24, 2.45) is 17.1 Å². The molecule has 2 atom stereocenters. The maximum Gasteiger partial charge on any atom is 0.0677 e. The molecule has 3 N–H and O–H groups in total. The quantitative estimate of drug-likeness (QED) is 0.820. The number of hydrogen-bond donors (Lipinski definition) is 2. The molecule has 21 heavy (non-hydrogen) atoms. The number of aliphatic hydroxyl groups is 1. The van der Waals surface area contributed by atoms with Crippen molar-refractivity contribution in [1.29, 1.82) is 0 Å². The molecule has 3 heteroatoms. The molecule has 0 aromatic heterocycles. The van der Waals surface area contributed by atoms with Gasteiger partial charge in [-0.05, 0) is 42.2 Å². The Labute approximate surface area is 133 Å². The molecule has 2 unspecified atom stereocenters. The van der Waals surface area contributed by atoms with E-state index in [0.29, 0.717) is 17.5 Å². The third kappa shape index (κ3) is 3.61. The van der Waals surface area contributed by atoms with Crippen LogP contribution in [0.5, 0.6) is 0 Å². The third-order valence-corrected chi connectivity index (χ3v) is 5.33. The fourth-order valence-electron chi connectivity index (χ4n) is 4.14. The molecular weight excluding hydrogens is 282 g/mol. The van der Waals surface area contributed by atoms with Crippen LogP contribution in [0.3, 0.4) is 0 Å². The van der Waals surface area contributed by atoms with Crippen molar-refractivity contribution in [2.45, 2.75) is 58.0 Å². The lowest BCUT2D eigenvalue weighted by Crippen LogP contribution is -2.41. The molecule has 1 aliphatic carbocycles. The van der Waals surface area contributed by atoms with Crippen molar-refractivity contribution in [3.63, 3.8) is 0 Å². The van der Waals surface area contributed by atoms with Crippen molar-refractivity contribution in [3.8, 4) is 0 Å². The summed E-state index contributed by atoms with van der Waals surface area (Å²) in [5.41, 5.74) is 7.01. The van der Waals surface area contributed by atoms with E-state index < -0.39 is 6.10 Å². The van der Waals surface area contributed by atoms with Crippen LogP contribution in [0.15, 0.2) is 24.3 Å². The summed E-state index contributed by atoms with van der Waals surface area (Å²) >= 11 is 6.33. The number of halogens is 1. The van der Waals surface area contributed by atoms with Gasteiger partial charge in [0.25, 0.3) is 0 Å². The summed E-state index contributed by atoms with van der Waals surface area (Å²) in [4.78, 5) is 0. The molecule has 2 rings (SSSR count). The van der Waals surface area contributed by atoms with E-state index in [-0.39, 0.29) is 11.3 Å². The Morgan fingerprint density at radius 2 is 1.86 bits per heavy atom. The number of hydrogen-bond acceptors (Lipinski definition) is 2. The van der Waals surface area contributed by atoms with Crippen LogP contribution < -0.4 is 5.73 Å². The van der Waals surface area contributed by atoms with Crippen LogP contribution in [-0.4, -0.2) is 17.8 Å². The van der Waals surface area contributed by atoms with Gasteiger partial charge in [-0.25, -0.2) is 0 Å². The summed E-state index contributed by atoms with van der Waals surface area (Å²) in [6.07, 6.45) is 5.29. The van der Waals surface area contributed by atoms with Gasteiger partial charge >= 0.3 is 0 Å². The van der Waals surface area contributed by atoms with Gasteiger partial charge in [0.2, 0.25) is 0 Å². The molecule has 0 amide bonds. The van der Waals surface area contributed by atoms with Crippen LogP contribution >= 0.6 is 11.6 Å². The van der Waals surface area contributed by atoms with Gasteiger partial charge in [0, 0.05) is 17.5 Å². The standard InChI is InChI=1S/C18H28ClNO/c1-13(2)11-18(9-5-6-10-18)17(21)15(12-20)14-7-3-4-8-16(14)19/h3-4,7-8,13,15,17,21H,5-6,9-12,20H2,1-2H3. The number of nitrogens with two attached hydrogens (primary N) is 1. The van der Waals surface area contributed by atoms with Crippen molar-refractivity contribution in [2.75, 3.05) is 6.54 Å². The van der Waals surface area contributed by atoms with Gasteiger partial charge in [-0.2, -0.15) is 0 Å². The Kier molecular flexibility index (Phi) is 5.70. The second kappa shape index (κ2) is 7.13. The van der Waals surface area contributed by atoms with Crippen LogP contribution in [-0.2, 0) is 0 Å².